The summed E-state index contributed by atoms with van der Waals surface area (Å²) in [7, 11) is -3.24. The molecule has 0 aromatic heterocycles. The molecule has 136 valence electrons. The first-order valence-electron chi connectivity index (χ1n) is 8.02. The molecule has 1 aliphatic heterocycles. The van der Waals surface area contributed by atoms with E-state index in [-0.39, 0.29) is 30.1 Å². The molecule has 1 unspecified atom stereocenters. The molecule has 2 rings (SSSR count). The third-order valence-corrected chi connectivity index (χ3v) is 6.67. The molecule has 1 atom stereocenters. The van der Waals surface area contributed by atoms with Gasteiger partial charge in [-0.3, -0.25) is 4.79 Å². The van der Waals surface area contributed by atoms with Crippen LogP contribution in [0.1, 0.15) is 45.6 Å². The third-order valence-electron chi connectivity index (χ3n) is 4.09. The number of carbonyl (C=O) groups is 1. The molecular weight excluding hydrogens is 348 g/mol. The van der Waals surface area contributed by atoms with Gasteiger partial charge >= 0.3 is 0 Å². The summed E-state index contributed by atoms with van der Waals surface area (Å²) in [4.78, 5) is 12.1. The number of carbonyl (C=O) groups excluding carboxylic acids is 1. The van der Waals surface area contributed by atoms with Gasteiger partial charge in [-0.15, -0.1) is 12.4 Å². The Hall–Kier alpha value is -1.11. The van der Waals surface area contributed by atoms with E-state index in [0.29, 0.717) is 17.7 Å². The number of halogens is 1. The molecule has 24 heavy (non-hydrogen) atoms. The number of amides is 1. The van der Waals surface area contributed by atoms with Gasteiger partial charge in [0.25, 0.3) is 0 Å². The highest BCUT2D eigenvalue weighted by Crippen LogP contribution is 2.22. The maximum atomic E-state index is 12.3. The maximum Gasteiger partial charge on any atom is 0.225 e. The molecule has 1 aromatic rings. The van der Waals surface area contributed by atoms with Crippen molar-refractivity contribution < 1.29 is 13.2 Å². The topological polar surface area (TPSA) is 75.3 Å². The summed E-state index contributed by atoms with van der Waals surface area (Å²) in [5.74, 6) is -0.0649. The number of sulfone groups is 1. The molecular formula is C17H27ClN2O3S. The quantitative estimate of drug-likeness (QED) is 0.830. The van der Waals surface area contributed by atoms with Crippen molar-refractivity contribution >= 4 is 33.8 Å². The standard InChI is InChI=1S/C17H26N2O3S.ClH/c1-17(2,3)23(21,22)12-13-6-4-7-15(10-13)19-16(20)11-14-8-5-9-18-14;/h4,6-7,10,14,18H,5,8-9,11-12H2,1-3H3,(H,19,20);1H. The monoisotopic (exact) mass is 374 g/mol. The molecule has 5 nitrogen and oxygen atoms in total. The van der Waals surface area contributed by atoms with E-state index in [1.165, 1.54) is 0 Å². The van der Waals surface area contributed by atoms with Crippen LogP contribution in [-0.2, 0) is 20.4 Å². The molecule has 7 heteroatoms. The van der Waals surface area contributed by atoms with Crippen molar-refractivity contribution in [3.05, 3.63) is 29.8 Å². The summed E-state index contributed by atoms with van der Waals surface area (Å²) in [5, 5.41) is 6.15. The zero-order chi connectivity index (χ0) is 17.1. The second-order valence-corrected chi connectivity index (χ2v) is 9.86. The van der Waals surface area contributed by atoms with E-state index in [1.807, 2.05) is 0 Å². The van der Waals surface area contributed by atoms with Gasteiger partial charge in [0.1, 0.15) is 0 Å². The molecule has 1 aliphatic rings. The molecule has 0 radical (unpaired) electrons. The fraction of sp³-hybridized carbons (Fsp3) is 0.588. The summed E-state index contributed by atoms with van der Waals surface area (Å²) < 4.78 is 23.8. The van der Waals surface area contributed by atoms with Crippen molar-refractivity contribution in [2.75, 3.05) is 11.9 Å². The zero-order valence-electron chi connectivity index (χ0n) is 14.5. The van der Waals surface area contributed by atoms with Crippen molar-refractivity contribution in [3.63, 3.8) is 0 Å². The van der Waals surface area contributed by atoms with E-state index in [4.69, 9.17) is 0 Å². The van der Waals surface area contributed by atoms with Crippen LogP contribution in [0.4, 0.5) is 5.69 Å². The summed E-state index contributed by atoms with van der Waals surface area (Å²) in [6.45, 7) is 6.06. The molecule has 0 bridgehead atoms. The van der Waals surface area contributed by atoms with Crippen LogP contribution in [0.2, 0.25) is 0 Å². The Bertz CT molecular complexity index is 663. The summed E-state index contributed by atoms with van der Waals surface area (Å²) in [5.41, 5.74) is 1.34. The average molecular weight is 375 g/mol. The van der Waals surface area contributed by atoms with E-state index in [9.17, 15) is 13.2 Å². The summed E-state index contributed by atoms with van der Waals surface area (Å²) in [6, 6.07) is 7.32. The normalized spacial score (nSPS) is 18.0. The van der Waals surface area contributed by atoms with Crippen molar-refractivity contribution in [1.29, 1.82) is 0 Å². The fourth-order valence-corrected chi connectivity index (χ4v) is 3.59. The van der Waals surface area contributed by atoms with E-state index >= 15 is 0 Å². The minimum Gasteiger partial charge on any atom is -0.326 e. The van der Waals surface area contributed by atoms with Gasteiger partial charge in [-0.25, -0.2) is 8.42 Å². The number of nitrogens with one attached hydrogen (secondary N) is 2. The van der Waals surface area contributed by atoms with Crippen molar-refractivity contribution in [2.24, 2.45) is 0 Å². The summed E-state index contributed by atoms with van der Waals surface area (Å²) in [6.07, 6.45) is 2.58. The van der Waals surface area contributed by atoms with Gasteiger partial charge in [-0.1, -0.05) is 12.1 Å². The zero-order valence-corrected chi connectivity index (χ0v) is 16.1. The molecule has 1 amide bonds. The van der Waals surface area contributed by atoms with Crippen molar-refractivity contribution in [3.8, 4) is 0 Å². The average Bonchev–Trinajstić information content (AvgIpc) is 2.89. The van der Waals surface area contributed by atoms with E-state index < -0.39 is 14.6 Å². The van der Waals surface area contributed by atoms with Crippen LogP contribution < -0.4 is 10.6 Å². The highest BCUT2D eigenvalue weighted by molar-refractivity contribution is 7.91. The Kier molecular flexibility index (Phi) is 7.25. The smallest absolute Gasteiger partial charge is 0.225 e. The molecule has 0 aliphatic carbocycles. The highest BCUT2D eigenvalue weighted by Gasteiger charge is 2.29. The first-order chi connectivity index (χ1) is 10.7. The second-order valence-electron chi connectivity index (χ2n) is 7.12. The van der Waals surface area contributed by atoms with Gasteiger partial charge in [0.05, 0.1) is 10.5 Å². The molecule has 1 saturated heterocycles. The second kappa shape index (κ2) is 8.32. The molecule has 0 saturated carbocycles. The van der Waals surface area contributed by atoms with Gasteiger partial charge in [-0.2, -0.15) is 0 Å². The van der Waals surface area contributed by atoms with Crippen LogP contribution in [0.3, 0.4) is 0 Å². The predicted octanol–water partition coefficient (Wildman–Crippen LogP) is 2.90. The highest BCUT2D eigenvalue weighted by atomic mass is 35.5. The lowest BCUT2D eigenvalue weighted by Gasteiger charge is -2.19. The van der Waals surface area contributed by atoms with Crippen LogP contribution >= 0.6 is 12.4 Å². The SMILES string of the molecule is CC(C)(C)S(=O)(=O)Cc1cccc(NC(=O)CC2CCCN2)c1.Cl. The van der Waals surface area contributed by atoms with Gasteiger partial charge in [0, 0.05) is 18.2 Å². The van der Waals surface area contributed by atoms with Crippen LogP contribution in [-0.4, -0.2) is 31.7 Å². The third kappa shape index (κ3) is 5.76. The fourth-order valence-electron chi connectivity index (χ4n) is 2.54. The van der Waals surface area contributed by atoms with Crippen LogP contribution in [0.15, 0.2) is 24.3 Å². The van der Waals surface area contributed by atoms with Crippen molar-refractivity contribution in [1.82, 2.24) is 5.32 Å². The van der Waals surface area contributed by atoms with Gasteiger partial charge < -0.3 is 10.6 Å². The lowest BCUT2D eigenvalue weighted by molar-refractivity contribution is -0.116. The molecule has 1 aromatic carbocycles. The Balaban J connectivity index is 0.00000288. The Morgan fingerprint density at radius 3 is 2.62 bits per heavy atom. The number of hydrogen-bond acceptors (Lipinski definition) is 4. The number of anilines is 1. The minimum atomic E-state index is -3.24. The van der Waals surface area contributed by atoms with Gasteiger partial charge in [0.2, 0.25) is 5.91 Å². The number of hydrogen-bond donors (Lipinski definition) is 2. The molecule has 0 spiro atoms. The molecule has 1 fully saturated rings. The molecule has 2 N–H and O–H groups in total. The van der Waals surface area contributed by atoms with Crippen LogP contribution in [0, 0.1) is 0 Å². The lowest BCUT2D eigenvalue weighted by atomic mass is 10.1. The maximum absolute atomic E-state index is 12.3. The largest absolute Gasteiger partial charge is 0.326 e. The van der Waals surface area contributed by atoms with Crippen LogP contribution in [0.5, 0.6) is 0 Å². The Morgan fingerprint density at radius 2 is 2.04 bits per heavy atom. The lowest BCUT2D eigenvalue weighted by Crippen LogP contribution is -2.29. The minimum absolute atomic E-state index is 0. The van der Waals surface area contributed by atoms with Crippen LogP contribution in [0.25, 0.3) is 0 Å². The van der Waals surface area contributed by atoms with E-state index in [0.717, 1.165) is 19.4 Å². The summed E-state index contributed by atoms with van der Waals surface area (Å²) >= 11 is 0. The van der Waals surface area contributed by atoms with Crippen molar-refractivity contribution in [2.45, 2.75) is 56.6 Å². The Morgan fingerprint density at radius 1 is 1.33 bits per heavy atom. The Labute approximate surface area is 150 Å². The first kappa shape index (κ1) is 20.9. The number of benzene rings is 1. The van der Waals surface area contributed by atoms with E-state index in [2.05, 4.69) is 10.6 Å². The number of rotatable bonds is 5. The van der Waals surface area contributed by atoms with E-state index in [1.54, 1.807) is 45.0 Å². The first-order valence-corrected chi connectivity index (χ1v) is 9.67. The molecule has 1 heterocycles. The van der Waals surface area contributed by atoms with Gasteiger partial charge in [-0.05, 0) is 57.9 Å². The van der Waals surface area contributed by atoms with Gasteiger partial charge in [0.15, 0.2) is 9.84 Å². The predicted molar refractivity (Wildman–Crippen MR) is 100 cm³/mol.